The van der Waals surface area contributed by atoms with E-state index in [-0.39, 0.29) is 0 Å². The SMILES string of the molecule is O=C(NO)c1cccc2c1CN(c1ccc3c(c1)NCCO3)C2.O=C(O)C(F)(F)F. The number of carbonyl (C=O) groups is 2. The number of anilines is 2. The van der Waals surface area contributed by atoms with Crippen LogP contribution in [0.4, 0.5) is 24.5 Å². The fourth-order valence-electron chi connectivity index (χ4n) is 3.20. The second-order valence-corrected chi connectivity index (χ2v) is 6.50. The molecular weight excluding hydrogens is 407 g/mol. The van der Waals surface area contributed by atoms with Gasteiger partial charge in [-0.2, -0.15) is 13.2 Å². The maximum atomic E-state index is 11.8. The number of amides is 1. The molecule has 0 bridgehead atoms. The second kappa shape index (κ2) is 8.49. The summed E-state index contributed by atoms with van der Waals surface area (Å²) in [6.07, 6.45) is -5.08. The van der Waals surface area contributed by atoms with E-state index in [2.05, 4.69) is 16.3 Å². The van der Waals surface area contributed by atoms with Gasteiger partial charge in [-0.25, -0.2) is 10.3 Å². The third-order valence-electron chi connectivity index (χ3n) is 4.58. The van der Waals surface area contributed by atoms with Crippen LogP contribution in [0.2, 0.25) is 0 Å². The van der Waals surface area contributed by atoms with Crippen molar-refractivity contribution in [3.63, 3.8) is 0 Å². The normalized spacial score (nSPS) is 14.3. The highest BCUT2D eigenvalue weighted by Crippen LogP contribution is 2.36. The molecule has 4 N–H and O–H groups in total. The van der Waals surface area contributed by atoms with E-state index in [1.54, 1.807) is 11.5 Å². The van der Waals surface area contributed by atoms with E-state index < -0.39 is 18.1 Å². The summed E-state index contributed by atoms with van der Waals surface area (Å²) in [5, 5.41) is 19.4. The summed E-state index contributed by atoms with van der Waals surface area (Å²) in [6, 6.07) is 11.7. The van der Waals surface area contributed by atoms with Crippen LogP contribution in [-0.4, -0.2) is 41.5 Å². The van der Waals surface area contributed by atoms with Crippen molar-refractivity contribution in [2.75, 3.05) is 23.4 Å². The maximum Gasteiger partial charge on any atom is 0.490 e. The van der Waals surface area contributed by atoms with Crippen LogP contribution in [-0.2, 0) is 17.9 Å². The third-order valence-corrected chi connectivity index (χ3v) is 4.58. The molecule has 0 saturated heterocycles. The number of carboxylic acids is 1. The van der Waals surface area contributed by atoms with E-state index in [0.717, 1.165) is 41.3 Å². The van der Waals surface area contributed by atoms with Crippen molar-refractivity contribution in [1.29, 1.82) is 0 Å². The molecular formula is C19H18F3N3O5. The van der Waals surface area contributed by atoms with Gasteiger partial charge in [0.2, 0.25) is 0 Å². The molecule has 0 atom stereocenters. The number of carbonyl (C=O) groups excluding carboxylic acids is 1. The summed E-state index contributed by atoms with van der Waals surface area (Å²) in [5.41, 5.74) is 6.38. The molecule has 0 aliphatic carbocycles. The number of halogens is 3. The van der Waals surface area contributed by atoms with Crippen LogP contribution < -0.4 is 20.4 Å². The number of carboxylic acid groups (broad SMARTS) is 1. The summed E-state index contributed by atoms with van der Waals surface area (Å²) >= 11 is 0. The summed E-state index contributed by atoms with van der Waals surface area (Å²) in [4.78, 5) is 22.9. The van der Waals surface area contributed by atoms with Gasteiger partial charge in [0.25, 0.3) is 5.91 Å². The molecule has 0 unspecified atom stereocenters. The van der Waals surface area contributed by atoms with Crippen LogP contribution in [0, 0.1) is 0 Å². The van der Waals surface area contributed by atoms with Crippen molar-refractivity contribution >= 4 is 23.3 Å². The third kappa shape index (κ3) is 4.57. The largest absolute Gasteiger partial charge is 0.490 e. The van der Waals surface area contributed by atoms with Crippen molar-refractivity contribution in [1.82, 2.24) is 5.48 Å². The number of hydrogen-bond acceptors (Lipinski definition) is 6. The van der Waals surface area contributed by atoms with Crippen molar-refractivity contribution in [3.8, 4) is 5.75 Å². The monoisotopic (exact) mass is 425 g/mol. The predicted octanol–water partition coefficient (Wildman–Crippen LogP) is 2.76. The molecule has 2 aliphatic heterocycles. The van der Waals surface area contributed by atoms with Gasteiger partial charge in [0, 0.05) is 30.9 Å². The minimum Gasteiger partial charge on any atom is -0.490 e. The fraction of sp³-hybridized carbons (Fsp3) is 0.263. The van der Waals surface area contributed by atoms with Crippen LogP contribution >= 0.6 is 0 Å². The molecule has 1 amide bonds. The predicted molar refractivity (Wildman–Crippen MR) is 99.7 cm³/mol. The van der Waals surface area contributed by atoms with E-state index >= 15 is 0 Å². The molecule has 0 spiro atoms. The van der Waals surface area contributed by atoms with Gasteiger partial charge in [0.1, 0.15) is 12.4 Å². The molecule has 30 heavy (non-hydrogen) atoms. The molecule has 160 valence electrons. The van der Waals surface area contributed by atoms with Crippen molar-refractivity contribution in [2.45, 2.75) is 19.3 Å². The van der Waals surface area contributed by atoms with Crippen molar-refractivity contribution in [2.24, 2.45) is 0 Å². The van der Waals surface area contributed by atoms with Crippen LogP contribution in [0.5, 0.6) is 5.75 Å². The summed E-state index contributed by atoms with van der Waals surface area (Å²) in [7, 11) is 0. The molecule has 0 fully saturated rings. The first kappa shape index (κ1) is 21.2. The number of nitrogens with one attached hydrogen (secondary N) is 2. The van der Waals surface area contributed by atoms with E-state index in [1.165, 1.54) is 0 Å². The number of rotatable bonds is 2. The van der Waals surface area contributed by atoms with Crippen molar-refractivity contribution < 1.29 is 37.8 Å². The van der Waals surface area contributed by atoms with Crippen LogP contribution in [0.25, 0.3) is 0 Å². The highest BCUT2D eigenvalue weighted by atomic mass is 19.4. The second-order valence-electron chi connectivity index (χ2n) is 6.50. The quantitative estimate of drug-likeness (QED) is 0.433. The molecule has 2 aromatic carbocycles. The summed E-state index contributed by atoms with van der Waals surface area (Å²) < 4.78 is 37.3. The van der Waals surface area contributed by atoms with Crippen LogP contribution in [0.15, 0.2) is 36.4 Å². The number of fused-ring (bicyclic) bond motifs is 2. The zero-order valence-electron chi connectivity index (χ0n) is 15.5. The highest BCUT2D eigenvalue weighted by Gasteiger charge is 2.38. The van der Waals surface area contributed by atoms with Crippen molar-refractivity contribution in [3.05, 3.63) is 53.1 Å². The molecule has 0 aromatic heterocycles. The number of hydrogen-bond donors (Lipinski definition) is 4. The van der Waals surface area contributed by atoms with Crippen LogP contribution in [0.3, 0.4) is 0 Å². The Balaban J connectivity index is 0.000000318. The summed E-state index contributed by atoms with van der Waals surface area (Å²) in [6.45, 7) is 2.86. The van der Waals surface area contributed by atoms with Gasteiger partial charge in [-0.15, -0.1) is 0 Å². The van der Waals surface area contributed by atoms with Gasteiger partial charge in [0.15, 0.2) is 0 Å². The molecule has 4 rings (SSSR count). The highest BCUT2D eigenvalue weighted by molar-refractivity contribution is 5.95. The molecule has 8 nitrogen and oxygen atoms in total. The Morgan fingerprint density at radius 2 is 1.90 bits per heavy atom. The number of nitrogens with zero attached hydrogens (tertiary/aromatic N) is 1. The Morgan fingerprint density at radius 3 is 2.57 bits per heavy atom. The van der Waals surface area contributed by atoms with Gasteiger partial charge >= 0.3 is 12.1 Å². The van der Waals surface area contributed by atoms with Crippen LogP contribution in [0.1, 0.15) is 21.5 Å². The zero-order valence-corrected chi connectivity index (χ0v) is 15.5. The molecule has 2 aliphatic rings. The Morgan fingerprint density at radius 1 is 1.17 bits per heavy atom. The van der Waals surface area contributed by atoms with E-state index in [4.69, 9.17) is 19.8 Å². The lowest BCUT2D eigenvalue weighted by atomic mass is 10.0. The first-order valence-electron chi connectivity index (χ1n) is 8.81. The summed E-state index contributed by atoms with van der Waals surface area (Å²) in [5.74, 6) is -2.35. The minimum absolute atomic E-state index is 0.468. The molecule has 0 radical (unpaired) electrons. The fourth-order valence-corrected chi connectivity index (χ4v) is 3.20. The average molecular weight is 425 g/mol. The number of ether oxygens (including phenoxy) is 1. The number of aliphatic carboxylic acids is 1. The van der Waals surface area contributed by atoms with Gasteiger partial charge in [-0.05, 0) is 35.4 Å². The lowest BCUT2D eigenvalue weighted by Crippen LogP contribution is -2.21. The van der Waals surface area contributed by atoms with Gasteiger partial charge in [-0.1, -0.05) is 12.1 Å². The van der Waals surface area contributed by atoms with Gasteiger partial charge in [-0.3, -0.25) is 10.0 Å². The smallest absolute Gasteiger partial charge is 0.490 e. The average Bonchev–Trinajstić information content (AvgIpc) is 3.17. The Hall–Kier alpha value is -3.47. The topological polar surface area (TPSA) is 111 Å². The Labute approximate surface area is 168 Å². The van der Waals surface area contributed by atoms with Gasteiger partial charge in [0.05, 0.1) is 5.69 Å². The standard InChI is InChI=1S/C17H17N3O3.C2HF3O2/c21-17(19-22)13-3-1-2-11-9-20(10-14(11)13)12-4-5-16-15(8-12)18-6-7-23-16;3-2(4,5)1(6)7/h1-5,8,18,22H,6-7,9-10H2,(H,19,21);(H,6,7). The van der Waals surface area contributed by atoms with E-state index in [1.807, 2.05) is 24.3 Å². The van der Waals surface area contributed by atoms with E-state index in [0.29, 0.717) is 18.7 Å². The molecule has 2 heterocycles. The molecule has 2 aromatic rings. The minimum atomic E-state index is -5.08. The first-order chi connectivity index (χ1) is 14.2. The van der Waals surface area contributed by atoms with E-state index in [9.17, 15) is 18.0 Å². The number of alkyl halides is 3. The number of benzene rings is 2. The Kier molecular flexibility index (Phi) is 6.01. The lowest BCUT2D eigenvalue weighted by Gasteiger charge is -2.23. The molecule has 11 heteroatoms. The number of hydroxylamine groups is 1. The zero-order chi connectivity index (χ0) is 21.9. The van der Waals surface area contributed by atoms with Gasteiger partial charge < -0.3 is 20.1 Å². The lowest BCUT2D eigenvalue weighted by molar-refractivity contribution is -0.192. The Bertz CT molecular complexity index is 965. The maximum absolute atomic E-state index is 11.8. The molecule has 0 saturated carbocycles. The first-order valence-corrected chi connectivity index (χ1v) is 8.81.